The standard InChI is InChI=1S/C35H67N/c1-4-7-10-13-16-19-22-25-30-35(34-29-28-33-36-34,31-26-23-20-17-14-11-8-5-2)32-27-24-21-18-15-12-9-6-3/h28-29,33,36H,4-27,30-32H2,1-3H3. The number of hydrogen-bond donors (Lipinski definition) is 1. The minimum absolute atomic E-state index is 0.399. The molecule has 0 saturated heterocycles. The number of aromatic nitrogens is 1. The molecular formula is C35H67N. The van der Waals surface area contributed by atoms with Crippen molar-refractivity contribution in [3.05, 3.63) is 24.0 Å². The normalized spacial score (nSPS) is 12.0. The molecule has 1 N–H and O–H groups in total. The summed E-state index contributed by atoms with van der Waals surface area (Å²) in [4.78, 5) is 3.70. The molecule has 36 heavy (non-hydrogen) atoms. The van der Waals surface area contributed by atoms with E-state index in [9.17, 15) is 0 Å². The zero-order chi connectivity index (χ0) is 26.0. The van der Waals surface area contributed by atoms with Crippen molar-refractivity contribution in [3.8, 4) is 0 Å². The molecule has 0 amide bonds. The van der Waals surface area contributed by atoms with Gasteiger partial charge in [-0.05, 0) is 31.4 Å². The molecular weight excluding hydrogens is 434 g/mol. The summed E-state index contributed by atoms with van der Waals surface area (Å²) >= 11 is 0. The molecule has 1 heteroatoms. The van der Waals surface area contributed by atoms with Crippen LogP contribution in [0, 0.1) is 0 Å². The molecule has 0 bridgehead atoms. The third-order valence-electron chi connectivity index (χ3n) is 8.70. The van der Waals surface area contributed by atoms with Crippen LogP contribution in [0.25, 0.3) is 0 Å². The lowest BCUT2D eigenvalue weighted by atomic mass is 9.71. The fourth-order valence-electron chi connectivity index (χ4n) is 6.23. The minimum Gasteiger partial charge on any atom is -0.365 e. The Morgan fingerprint density at radius 1 is 0.444 bits per heavy atom. The molecule has 212 valence electrons. The van der Waals surface area contributed by atoms with Crippen molar-refractivity contribution in [1.29, 1.82) is 0 Å². The van der Waals surface area contributed by atoms with E-state index in [1.165, 1.54) is 173 Å². The van der Waals surface area contributed by atoms with Gasteiger partial charge in [-0.3, -0.25) is 0 Å². The maximum absolute atomic E-state index is 3.70. The van der Waals surface area contributed by atoms with Gasteiger partial charge in [-0.25, -0.2) is 0 Å². The maximum atomic E-state index is 3.70. The number of unbranched alkanes of at least 4 members (excludes halogenated alkanes) is 21. The van der Waals surface area contributed by atoms with E-state index < -0.39 is 0 Å². The zero-order valence-corrected chi connectivity index (χ0v) is 25.3. The summed E-state index contributed by atoms with van der Waals surface area (Å²) in [6.45, 7) is 6.96. The summed E-state index contributed by atoms with van der Waals surface area (Å²) in [6, 6.07) is 4.67. The molecule has 0 saturated carbocycles. The molecule has 0 aliphatic carbocycles. The van der Waals surface area contributed by atoms with Gasteiger partial charge in [0.1, 0.15) is 0 Å². The van der Waals surface area contributed by atoms with E-state index in [1.54, 1.807) is 5.69 Å². The molecule has 1 nitrogen and oxygen atoms in total. The van der Waals surface area contributed by atoms with Crippen LogP contribution < -0.4 is 0 Å². The molecule has 1 aromatic heterocycles. The Labute approximate surface area is 228 Å². The van der Waals surface area contributed by atoms with Crippen LogP contribution in [0.1, 0.15) is 200 Å². The van der Waals surface area contributed by atoms with Gasteiger partial charge in [-0.15, -0.1) is 0 Å². The Balaban J connectivity index is 2.54. The van der Waals surface area contributed by atoms with Crippen molar-refractivity contribution in [3.63, 3.8) is 0 Å². The van der Waals surface area contributed by atoms with Crippen LogP contribution in [0.15, 0.2) is 18.3 Å². The van der Waals surface area contributed by atoms with Gasteiger partial charge in [0.15, 0.2) is 0 Å². The molecule has 0 aliphatic rings. The number of rotatable bonds is 28. The van der Waals surface area contributed by atoms with Crippen LogP contribution in [-0.2, 0) is 5.41 Å². The van der Waals surface area contributed by atoms with E-state index in [4.69, 9.17) is 0 Å². The molecule has 1 heterocycles. The Morgan fingerprint density at radius 3 is 1.03 bits per heavy atom. The van der Waals surface area contributed by atoms with Crippen molar-refractivity contribution in [2.75, 3.05) is 0 Å². The third-order valence-corrected chi connectivity index (χ3v) is 8.70. The monoisotopic (exact) mass is 502 g/mol. The first-order valence-corrected chi connectivity index (χ1v) is 16.9. The van der Waals surface area contributed by atoms with Crippen molar-refractivity contribution in [2.45, 2.75) is 200 Å². The fraction of sp³-hybridized carbons (Fsp3) is 0.886. The van der Waals surface area contributed by atoms with Crippen LogP contribution in [0.4, 0.5) is 0 Å². The lowest BCUT2D eigenvalue weighted by Gasteiger charge is -2.34. The molecule has 1 rings (SSSR count). The van der Waals surface area contributed by atoms with E-state index in [-0.39, 0.29) is 0 Å². The summed E-state index contributed by atoms with van der Waals surface area (Å²) in [5, 5.41) is 0. The molecule has 0 aliphatic heterocycles. The fourth-order valence-corrected chi connectivity index (χ4v) is 6.23. The highest BCUT2D eigenvalue weighted by molar-refractivity contribution is 5.17. The first-order chi connectivity index (χ1) is 17.8. The third kappa shape index (κ3) is 16.9. The molecule has 0 unspecified atom stereocenters. The van der Waals surface area contributed by atoms with Gasteiger partial charge in [-0.2, -0.15) is 0 Å². The zero-order valence-electron chi connectivity index (χ0n) is 25.3. The molecule has 1 aromatic rings. The van der Waals surface area contributed by atoms with Gasteiger partial charge in [-0.1, -0.05) is 175 Å². The SMILES string of the molecule is CCCCCCCCCCC(CCCCCCCCCC)(CCCCCCCCCC)c1ccc[nH]1. The minimum atomic E-state index is 0.399. The predicted molar refractivity (Wildman–Crippen MR) is 164 cm³/mol. The summed E-state index contributed by atoms with van der Waals surface area (Å²) < 4.78 is 0. The van der Waals surface area contributed by atoms with Crippen molar-refractivity contribution in [1.82, 2.24) is 4.98 Å². The number of nitrogens with one attached hydrogen (secondary N) is 1. The second-order valence-corrected chi connectivity index (χ2v) is 12.0. The van der Waals surface area contributed by atoms with Crippen molar-refractivity contribution < 1.29 is 0 Å². The summed E-state index contributed by atoms with van der Waals surface area (Å²) in [5.74, 6) is 0. The highest BCUT2D eigenvalue weighted by atomic mass is 14.7. The van der Waals surface area contributed by atoms with Crippen LogP contribution >= 0.6 is 0 Å². The van der Waals surface area contributed by atoms with Gasteiger partial charge < -0.3 is 4.98 Å². The molecule has 0 fully saturated rings. The largest absolute Gasteiger partial charge is 0.365 e. The van der Waals surface area contributed by atoms with Crippen LogP contribution in [0.3, 0.4) is 0 Å². The molecule has 0 aromatic carbocycles. The van der Waals surface area contributed by atoms with Crippen LogP contribution in [0.5, 0.6) is 0 Å². The van der Waals surface area contributed by atoms with Gasteiger partial charge in [0.25, 0.3) is 0 Å². The van der Waals surface area contributed by atoms with E-state index in [0.29, 0.717) is 5.41 Å². The van der Waals surface area contributed by atoms with Gasteiger partial charge >= 0.3 is 0 Å². The topological polar surface area (TPSA) is 15.8 Å². The Bertz CT molecular complexity index is 481. The first kappa shape index (κ1) is 33.3. The first-order valence-electron chi connectivity index (χ1n) is 16.9. The average molecular weight is 502 g/mol. The number of H-pyrrole nitrogens is 1. The van der Waals surface area contributed by atoms with Gasteiger partial charge in [0.05, 0.1) is 0 Å². The summed E-state index contributed by atoms with van der Waals surface area (Å²) in [7, 11) is 0. The van der Waals surface area contributed by atoms with E-state index in [1.807, 2.05) is 0 Å². The van der Waals surface area contributed by atoms with Crippen molar-refractivity contribution in [2.24, 2.45) is 0 Å². The number of hydrogen-bond acceptors (Lipinski definition) is 0. The quantitative estimate of drug-likeness (QED) is 0.110. The molecule has 0 radical (unpaired) electrons. The highest BCUT2D eigenvalue weighted by Crippen LogP contribution is 2.40. The van der Waals surface area contributed by atoms with Gasteiger partial charge in [0, 0.05) is 17.3 Å². The highest BCUT2D eigenvalue weighted by Gasteiger charge is 2.31. The maximum Gasteiger partial charge on any atom is 0.0210 e. The van der Waals surface area contributed by atoms with Crippen LogP contribution in [0.2, 0.25) is 0 Å². The van der Waals surface area contributed by atoms with E-state index in [2.05, 4.69) is 44.1 Å². The Morgan fingerprint density at radius 2 is 0.750 bits per heavy atom. The number of aromatic amines is 1. The molecule has 0 atom stereocenters. The second kappa shape index (κ2) is 24.6. The molecule has 0 spiro atoms. The summed E-state index contributed by atoms with van der Waals surface area (Å²) in [5.41, 5.74) is 1.95. The van der Waals surface area contributed by atoms with E-state index in [0.717, 1.165) is 0 Å². The second-order valence-electron chi connectivity index (χ2n) is 12.0. The Kier molecular flexibility index (Phi) is 22.8. The predicted octanol–water partition coefficient (Wildman–Crippen LogP) is 12.8. The van der Waals surface area contributed by atoms with Gasteiger partial charge in [0.2, 0.25) is 0 Å². The summed E-state index contributed by atoms with van der Waals surface area (Å²) in [6.07, 6.45) is 40.6. The van der Waals surface area contributed by atoms with Crippen LogP contribution in [-0.4, -0.2) is 4.98 Å². The Hall–Kier alpha value is -0.720. The lowest BCUT2D eigenvalue weighted by Crippen LogP contribution is -2.27. The average Bonchev–Trinajstić information content (AvgIpc) is 3.44. The lowest BCUT2D eigenvalue weighted by molar-refractivity contribution is 0.292. The van der Waals surface area contributed by atoms with Crippen molar-refractivity contribution >= 4 is 0 Å². The van der Waals surface area contributed by atoms with E-state index >= 15 is 0 Å². The smallest absolute Gasteiger partial charge is 0.0210 e.